The number of carboxylic acids is 1. The molecule has 0 saturated carbocycles. The average Bonchev–Trinajstić information content (AvgIpc) is 2.82. The third kappa shape index (κ3) is 3.20. The summed E-state index contributed by atoms with van der Waals surface area (Å²) in [4.78, 5) is 38.7. The van der Waals surface area contributed by atoms with Gasteiger partial charge >= 0.3 is 5.97 Å². The molecule has 0 amide bonds. The molecule has 0 fully saturated rings. The first-order valence-electron chi connectivity index (χ1n) is 6.86. The van der Waals surface area contributed by atoms with Crippen molar-refractivity contribution in [2.75, 3.05) is 0 Å². The summed E-state index contributed by atoms with van der Waals surface area (Å²) < 4.78 is 14.2. The molecule has 7 nitrogen and oxygen atoms in total. The van der Waals surface area contributed by atoms with Crippen molar-refractivity contribution in [2.45, 2.75) is 12.8 Å². The fourth-order valence-electron chi connectivity index (χ4n) is 2.03. The maximum absolute atomic E-state index is 12.9. The van der Waals surface area contributed by atoms with Crippen molar-refractivity contribution >= 4 is 28.3 Å². The van der Waals surface area contributed by atoms with E-state index in [0.717, 1.165) is 15.9 Å². The average molecular weight is 347 g/mol. The van der Waals surface area contributed by atoms with Crippen LogP contribution in [0.15, 0.2) is 33.9 Å². The van der Waals surface area contributed by atoms with Crippen LogP contribution >= 0.6 is 11.3 Å². The first kappa shape index (κ1) is 15.9. The Hall–Kier alpha value is -2.94. The number of carbonyl (C=O) groups is 1. The van der Waals surface area contributed by atoms with Crippen LogP contribution in [0.1, 0.15) is 17.7 Å². The number of fused-ring (bicyclic) bond motifs is 1. The van der Waals surface area contributed by atoms with Crippen molar-refractivity contribution in [1.82, 2.24) is 14.6 Å². The zero-order chi connectivity index (χ0) is 17.3. The second-order valence-corrected chi connectivity index (χ2v) is 5.93. The summed E-state index contributed by atoms with van der Waals surface area (Å²) in [5, 5.41) is 12.6. The van der Waals surface area contributed by atoms with Gasteiger partial charge in [0.05, 0.1) is 11.0 Å². The van der Waals surface area contributed by atoms with Crippen LogP contribution in [0.3, 0.4) is 0 Å². The summed E-state index contributed by atoms with van der Waals surface area (Å²) in [6.45, 7) is 0. The second kappa shape index (κ2) is 6.28. The van der Waals surface area contributed by atoms with Gasteiger partial charge in [-0.2, -0.15) is 14.6 Å². The van der Waals surface area contributed by atoms with Crippen LogP contribution in [0, 0.1) is 5.82 Å². The molecule has 0 bridgehead atoms. The van der Waals surface area contributed by atoms with Crippen molar-refractivity contribution in [3.05, 3.63) is 66.6 Å². The Morgan fingerprint density at radius 2 is 2.00 bits per heavy atom. The van der Waals surface area contributed by atoms with E-state index >= 15 is 0 Å². The molecule has 0 saturated heterocycles. The number of aryl methyl sites for hydroxylation is 1. The minimum atomic E-state index is -1.07. The second-order valence-electron chi connectivity index (χ2n) is 4.92. The van der Waals surface area contributed by atoms with Gasteiger partial charge in [-0.1, -0.05) is 23.5 Å². The molecule has 122 valence electrons. The maximum atomic E-state index is 12.9. The Labute approximate surface area is 137 Å². The van der Waals surface area contributed by atoms with Crippen LogP contribution in [0.2, 0.25) is 0 Å². The fraction of sp³-hybridized carbons (Fsp3) is 0.133. The smallest absolute Gasteiger partial charge is 0.303 e. The minimum Gasteiger partial charge on any atom is -0.481 e. The van der Waals surface area contributed by atoms with Gasteiger partial charge in [0.1, 0.15) is 11.5 Å². The molecule has 0 radical (unpaired) electrons. The van der Waals surface area contributed by atoms with Crippen molar-refractivity contribution < 1.29 is 14.3 Å². The molecule has 0 spiro atoms. The quantitative estimate of drug-likeness (QED) is 0.724. The number of aromatic nitrogens is 3. The van der Waals surface area contributed by atoms with Gasteiger partial charge in [-0.3, -0.25) is 14.4 Å². The molecular weight excluding hydrogens is 337 g/mol. The van der Waals surface area contributed by atoms with Crippen LogP contribution in [0.25, 0.3) is 11.0 Å². The van der Waals surface area contributed by atoms with E-state index in [1.165, 1.54) is 24.3 Å². The highest BCUT2D eigenvalue weighted by atomic mass is 32.1. The summed E-state index contributed by atoms with van der Waals surface area (Å²) in [5.74, 6) is -1.46. The number of rotatable bonds is 4. The standard InChI is InChI=1S/C15H10FN3O4S/c16-9-3-1-8(2-4-9)7-11-14(23)19-15(24-11)17-13(22)10(18-19)5-6-12(20)21/h1-4,7H,5-6H2,(H,20,21)/b11-7-. The van der Waals surface area contributed by atoms with E-state index in [-0.39, 0.29) is 33.8 Å². The molecule has 2 heterocycles. The molecule has 3 rings (SSSR count). The summed E-state index contributed by atoms with van der Waals surface area (Å²) in [7, 11) is 0. The first-order chi connectivity index (χ1) is 11.4. The number of aliphatic carboxylic acids is 1. The van der Waals surface area contributed by atoms with Crippen molar-refractivity contribution in [3.63, 3.8) is 0 Å². The van der Waals surface area contributed by atoms with Gasteiger partial charge in [0.25, 0.3) is 11.1 Å². The van der Waals surface area contributed by atoms with Gasteiger partial charge in [-0.15, -0.1) is 0 Å². The van der Waals surface area contributed by atoms with Crippen molar-refractivity contribution in [1.29, 1.82) is 0 Å². The van der Waals surface area contributed by atoms with E-state index in [2.05, 4.69) is 10.1 Å². The number of nitrogens with zero attached hydrogens (tertiary/aromatic N) is 3. The molecule has 0 atom stereocenters. The lowest BCUT2D eigenvalue weighted by Gasteiger charge is -1.96. The summed E-state index contributed by atoms with van der Waals surface area (Å²) >= 11 is 0.981. The monoisotopic (exact) mass is 347 g/mol. The summed E-state index contributed by atoms with van der Waals surface area (Å²) in [6.07, 6.45) is 1.17. The number of hydrogen-bond acceptors (Lipinski definition) is 6. The normalized spacial score (nSPS) is 12.0. The third-order valence-corrected chi connectivity index (χ3v) is 4.15. The number of carboxylic acid groups (broad SMARTS) is 1. The number of hydrogen-bond donors (Lipinski definition) is 1. The highest BCUT2D eigenvalue weighted by molar-refractivity contribution is 7.15. The maximum Gasteiger partial charge on any atom is 0.303 e. The van der Waals surface area contributed by atoms with Gasteiger partial charge in [-0.25, -0.2) is 4.39 Å². The van der Waals surface area contributed by atoms with Crippen molar-refractivity contribution in [2.24, 2.45) is 0 Å². The predicted octanol–water partition coefficient (Wildman–Crippen LogP) is 0.215. The van der Waals surface area contributed by atoms with Crippen molar-refractivity contribution in [3.8, 4) is 0 Å². The molecule has 9 heteroatoms. The zero-order valence-corrected chi connectivity index (χ0v) is 12.9. The van der Waals surface area contributed by atoms with Gasteiger partial charge < -0.3 is 5.11 Å². The Bertz CT molecular complexity index is 1090. The first-order valence-corrected chi connectivity index (χ1v) is 7.67. The molecule has 0 aliphatic carbocycles. The lowest BCUT2D eigenvalue weighted by atomic mass is 10.2. The summed E-state index contributed by atoms with van der Waals surface area (Å²) in [5.41, 5.74) is -0.568. The molecule has 2 aromatic heterocycles. The number of benzene rings is 1. The molecule has 0 aliphatic heterocycles. The zero-order valence-electron chi connectivity index (χ0n) is 12.1. The number of thiazole rings is 1. The topological polar surface area (TPSA) is 102 Å². The highest BCUT2D eigenvalue weighted by Crippen LogP contribution is 2.04. The van der Waals surface area contributed by atoms with E-state index in [0.29, 0.717) is 5.56 Å². The molecule has 3 aromatic rings. The molecule has 1 N–H and O–H groups in total. The Balaban J connectivity index is 2.10. The van der Waals surface area contributed by atoms with E-state index in [1.54, 1.807) is 6.08 Å². The Morgan fingerprint density at radius 3 is 2.67 bits per heavy atom. The SMILES string of the molecule is O=C(O)CCc1nn2c(=O)/c(=C/c3ccc(F)cc3)sc2nc1=O. The van der Waals surface area contributed by atoms with E-state index in [9.17, 15) is 18.8 Å². The number of halogens is 1. The predicted molar refractivity (Wildman–Crippen MR) is 84.5 cm³/mol. The van der Waals surface area contributed by atoms with E-state index in [4.69, 9.17) is 5.11 Å². The van der Waals surface area contributed by atoms with Crippen LogP contribution in [0.5, 0.6) is 0 Å². The molecule has 0 unspecified atom stereocenters. The van der Waals surface area contributed by atoms with Crippen LogP contribution in [-0.2, 0) is 11.2 Å². The van der Waals surface area contributed by atoms with E-state index < -0.39 is 17.1 Å². The lowest BCUT2D eigenvalue weighted by molar-refractivity contribution is -0.136. The largest absolute Gasteiger partial charge is 0.481 e. The molecule has 24 heavy (non-hydrogen) atoms. The fourth-order valence-corrected chi connectivity index (χ4v) is 2.94. The Morgan fingerprint density at radius 1 is 1.29 bits per heavy atom. The minimum absolute atomic E-state index is 0.0712. The molecule has 0 aliphatic rings. The van der Waals surface area contributed by atoms with Gasteiger partial charge in [0.15, 0.2) is 0 Å². The van der Waals surface area contributed by atoms with E-state index in [1.807, 2.05) is 0 Å². The third-order valence-electron chi connectivity index (χ3n) is 3.19. The Kier molecular flexibility index (Phi) is 4.17. The van der Waals surface area contributed by atoms with Crippen LogP contribution < -0.4 is 15.7 Å². The van der Waals surface area contributed by atoms with Gasteiger partial charge in [0.2, 0.25) is 4.96 Å². The molecule has 1 aromatic carbocycles. The summed E-state index contributed by atoms with van der Waals surface area (Å²) in [6, 6.07) is 5.57. The lowest BCUT2D eigenvalue weighted by Crippen LogP contribution is -2.28. The van der Waals surface area contributed by atoms with Gasteiger partial charge in [0, 0.05) is 6.42 Å². The van der Waals surface area contributed by atoms with Crippen LogP contribution in [0.4, 0.5) is 4.39 Å². The van der Waals surface area contributed by atoms with Gasteiger partial charge in [-0.05, 0) is 23.8 Å². The van der Waals surface area contributed by atoms with Crippen LogP contribution in [-0.4, -0.2) is 25.7 Å². The highest BCUT2D eigenvalue weighted by Gasteiger charge is 2.12. The molecular formula is C15H10FN3O4S.